The van der Waals surface area contributed by atoms with Gasteiger partial charge < -0.3 is 10.6 Å². The summed E-state index contributed by atoms with van der Waals surface area (Å²) in [5.41, 5.74) is 0.687. The van der Waals surface area contributed by atoms with Crippen LogP contribution in [0.5, 0.6) is 0 Å². The molecule has 0 saturated carbocycles. The Hall–Kier alpha value is -1.58. The van der Waals surface area contributed by atoms with Crippen LogP contribution in [-0.4, -0.2) is 18.1 Å². The maximum Gasteiger partial charge on any atom is 0.319 e. The van der Waals surface area contributed by atoms with Crippen LogP contribution in [0.25, 0.3) is 0 Å². The lowest BCUT2D eigenvalue weighted by molar-refractivity contribution is 0.254. The van der Waals surface area contributed by atoms with Crippen LogP contribution in [-0.2, 0) is 0 Å². The second-order valence-electron chi connectivity index (χ2n) is 1.95. The number of pyridine rings is 1. The predicted octanol–water partition coefficient (Wildman–Crippen LogP) is 2.89. The summed E-state index contributed by atoms with van der Waals surface area (Å²) < 4.78 is 0. The summed E-state index contributed by atoms with van der Waals surface area (Å²) in [6.45, 7) is 8.00. The van der Waals surface area contributed by atoms with Gasteiger partial charge in [0.1, 0.15) is 0 Å². The Morgan fingerprint density at radius 2 is 1.87 bits per heavy atom. The molecule has 0 fully saturated rings. The molecule has 0 aliphatic rings. The van der Waals surface area contributed by atoms with Crippen molar-refractivity contribution < 1.29 is 4.79 Å². The molecular weight excluding hydrogens is 190 g/mol. The fourth-order valence-electron chi connectivity index (χ4n) is 0.630. The molecule has 2 N–H and O–H groups in total. The number of urea groups is 1. The zero-order valence-corrected chi connectivity index (χ0v) is 10.2. The molecule has 1 aromatic heterocycles. The predicted molar refractivity (Wildman–Crippen MR) is 65.0 cm³/mol. The van der Waals surface area contributed by atoms with E-state index < -0.39 is 0 Å². The van der Waals surface area contributed by atoms with E-state index in [0.29, 0.717) is 5.69 Å². The zero-order valence-electron chi connectivity index (χ0n) is 10.2. The van der Waals surface area contributed by atoms with Gasteiger partial charge in [-0.2, -0.15) is 0 Å². The van der Waals surface area contributed by atoms with E-state index in [1.807, 2.05) is 27.7 Å². The highest BCUT2D eigenvalue weighted by molar-refractivity contribution is 5.88. The first-order valence-corrected chi connectivity index (χ1v) is 5.21. The zero-order chi connectivity index (χ0) is 12.1. The van der Waals surface area contributed by atoms with Gasteiger partial charge in [-0.15, -0.1) is 0 Å². The van der Waals surface area contributed by atoms with Gasteiger partial charge in [-0.25, -0.2) is 4.79 Å². The van der Waals surface area contributed by atoms with E-state index in [4.69, 9.17) is 0 Å². The van der Waals surface area contributed by atoms with Crippen molar-refractivity contribution in [3.8, 4) is 0 Å². The molecule has 0 aliphatic heterocycles. The van der Waals surface area contributed by atoms with Gasteiger partial charge in [0, 0.05) is 13.2 Å². The van der Waals surface area contributed by atoms with Crippen molar-refractivity contribution >= 4 is 11.7 Å². The number of anilines is 1. The summed E-state index contributed by atoms with van der Waals surface area (Å²) in [5, 5.41) is 5.01. The van der Waals surface area contributed by atoms with Crippen LogP contribution in [0, 0.1) is 0 Å². The Morgan fingerprint density at radius 3 is 2.27 bits per heavy atom. The Morgan fingerprint density at radius 1 is 1.27 bits per heavy atom. The van der Waals surface area contributed by atoms with Gasteiger partial charge in [-0.3, -0.25) is 4.98 Å². The minimum absolute atomic E-state index is 0.238. The lowest BCUT2D eigenvalue weighted by Gasteiger charge is -2.01. The normalized spacial score (nSPS) is 7.27. The molecule has 4 nitrogen and oxygen atoms in total. The van der Waals surface area contributed by atoms with Crippen molar-refractivity contribution in [1.29, 1.82) is 0 Å². The van der Waals surface area contributed by atoms with E-state index in [2.05, 4.69) is 15.6 Å². The summed E-state index contributed by atoms with van der Waals surface area (Å²) in [5.74, 6) is 0. The average molecular weight is 211 g/mol. The number of carbonyl (C=O) groups excluding carboxylic acids is 1. The molecule has 86 valence electrons. The van der Waals surface area contributed by atoms with Gasteiger partial charge in [0.2, 0.25) is 0 Å². The first-order chi connectivity index (χ1) is 7.33. The number of hydrogen-bond donors (Lipinski definition) is 2. The molecule has 1 aromatic rings. The summed E-state index contributed by atoms with van der Waals surface area (Å²) in [7, 11) is 1.56. The number of nitrogens with zero attached hydrogens (tertiary/aromatic N) is 1. The van der Waals surface area contributed by atoms with Crippen LogP contribution in [0.4, 0.5) is 10.5 Å². The second-order valence-corrected chi connectivity index (χ2v) is 1.95. The summed E-state index contributed by atoms with van der Waals surface area (Å²) in [6, 6.07) is 3.28. The van der Waals surface area contributed by atoms with Gasteiger partial charge in [0.05, 0.1) is 11.9 Å². The van der Waals surface area contributed by atoms with Gasteiger partial charge in [-0.05, 0) is 12.1 Å². The van der Waals surface area contributed by atoms with Crippen molar-refractivity contribution in [2.75, 3.05) is 12.4 Å². The molecule has 0 saturated heterocycles. The lowest BCUT2D eigenvalue weighted by Crippen LogP contribution is -2.24. The Labute approximate surface area is 92.1 Å². The fourth-order valence-corrected chi connectivity index (χ4v) is 0.630. The minimum atomic E-state index is -0.238. The fraction of sp³-hybridized carbons (Fsp3) is 0.455. The van der Waals surface area contributed by atoms with E-state index >= 15 is 0 Å². The van der Waals surface area contributed by atoms with Crippen LogP contribution >= 0.6 is 0 Å². The summed E-state index contributed by atoms with van der Waals surface area (Å²) in [4.78, 5) is 14.6. The average Bonchev–Trinajstić information content (AvgIpc) is 2.35. The maximum absolute atomic E-state index is 10.7. The molecule has 0 aliphatic carbocycles. The standard InChI is InChI=1S/C7H9N3O.2C2H6/c1-8-7(11)10-6-3-2-4-9-5-6;2*1-2/h2-5H,1H3,(H2,8,10,11);2*1-2H3. The van der Waals surface area contributed by atoms with Crippen molar-refractivity contribution in [2.45, 2.75) is 27.7 Å². The third kappa shape index (κ3) is 8.74. The molecule has 0 spiro atoms. The van der Waals surface area contributed by atoms with E-state index in [1.165, 1.54) is 0 Å². The van der Waals surface area contributed by atoms with Crippen molar-refractivity contribution in [1.82, 2.24) is 10.3 Å². The first-order valence-electron chi connectivity index (χ1n) is 5.21. The number of rotatable bonds is 1. The molecule has 15 heavy (non-hydrogen) atoms. The van der Waals surface area contributed by atoms with Crippen molar-refractivity contribution in [3.05, 3.63) is 24.5 Å². The molecule has 2 amide bonds. The lowest BCUT2D eigenvalue weighted by atomic mass is 10.4. The number of nitrogens with one attached hydrogen (secondary N) is 2. The largest absolute Gasteiger partial charge is 0.341 e. The van der Waals surface area contributed by atoms with Crippen LogP contribution in [0.1, 0.15) is 27.7 Å². The smallest absolute Gasteiger partial charge is 0.319 e. The SMILES string of the molecule is CC.CC.CNC(=O)Nc1cccnc1. The number of hydrogen-bond acceptors (Lipinski definition) is 2. The highest BCUT2D eigenvalue weighted by Crippen LogP contribution is 2.00. The van der Waals surface area contributed by atoms with E-state index in [-0.39, 0.29) is 6.03 Å². The summed E-state index contributed by atoms with van der Waals surface area (Å²) in [6.07, 6.45) is 3.23. The molecular formula is C11H21N3O. The van der Waals surface area contributed by atoms with Crippen molar-refractivity contribution in [2.24, 2.45) is 0 Å². The highest BCUT2D eigenvalue weighted by atomic mass is 16.2. The van der Waals surface area contributed by atoms with Crippen LogP contribution in [0.3, 0.4) is 0 Å². The van der Waals surface area contributed by atoms with Gasteiger partial charge in [0.15, 0.2) is 0 Å². The van der Waals surface area contributed by atoms with Gasteiger partial charge in [0.25, 0.3) is 0 Å². The van der Waals surface area contributed by atoms with Gasteiger partial charge in [-0.1, -0.05) is 27.7 Å². The molecule has 0 aromatic carbocycles. The Balaban J connectivity index is 0. The second kappa shape index (κ2) is 12.4. The molecule has 0 radical (unpaired) electrons. The quantitative estimate of drug-likeness (QED) is 0.750. The van der Waals surface area contributed by atoms with Crippen LogP contribution in [0.2, 0.25) is 0 Å². The van der Waals surface area contributed by atoms with E-state index in [0.717, 1.165) is 0 Å². The molecule has 1 heterocycles. The van der Waals surface area contributed by atoms with Crippen LogP contribution < -0.4 is 10.6 Å². The Kier molecular flexibility index (Phi) is 13.1. The number of aromatic nitrogens is 1. The third-order valence-electron chi connectivity index (χ3n) is 1.15. The van der Waals surface area contributed by atoms with Gasteiger partial charge >= 0.3 is 6.03 Å². The summed E-state index contributed by atoms with van der Waals surface area (Å²) >= 11 is 0. The molecule has 1 rings (SSSR count). The minimum Gasteiger partial charge on any atom is -0.341 e. The molecule has 0 unspecified atom stereocenters. The maximum atomic E-state index is 10.7. The van der Waals surface area contributed by atoms with Crippen molar-refractivity contribution in [3.63, 3.8) is 0 Å². The van der Waals surface area contributed by atoms with E-state index in [1.54, 1.807) is 31.6 Å². The number of carbonyl (C=O) groups is 1. The van der Waals surface area contributed by atoms with Crippen LogP contribution in [0.15, 0.2) is 24.5 Å². The molecule has 0 bridgehead atoms. The Bertz CT molecular complexity index is 237. The molecule has 4 heteroatoms. The third-order valence-corrected chi connectivity index (χ3v) is 1.15. The highest BCUT2D eigenvalue weighted by Gasteiger charge is 1.95. The monoisotopic (exact) mass is 211 g/mol. The van der Waals surface area contributed by atoms with E-state index in [9.17, 15) is 4.79 Å². The topological polar surface area (TPSA) is 54.0 Å². The first kappa shape index (κ1) is 15.9. The number of amides is 2. The molecule has 0 atom stereocenters.